The van der Waals surface area contributed by atoms with Gasteiger partial charge in [0, 0.05) is 18.3 Å². The average Bonchev–Trinajstić information content (AvgIpc) is 3.44. The maximum atomic E-state index is 13.3. The number of carbonyl (C=O) groups is 1. The maximum Gasteiger partial charge on any atom is 0.253 e. The van der Waals surface area contributed by atoms with Gasteiger partial charge in [-0.05, 0) is 41.1 Å². The van der Waals surface area contributed by atoms with E-state index in [1.54, 1.807) is 35.7 Å². The standard InChI is InChI=1S/C21H18N2O5S2/c24-21(22-16-7-8-18-19(11-16)28-13-27-18)17-10-14-4-1-2-5-15(14)12-23(17)30(25,26)20-6-3-9-29-20/h1-9,11,17H,10,12-13H2,(H,22,24)/t17-/m1/s1. The van der Waals surface area contributed by atoms with Gasteiger partial charge in [0.15, 0.2) is 11.5 Å². The maximum absolute atomic E-state index is 13.3. The molecule has 1 atom stereocenters. The Morgan fingerprint density at radius 3 is 2.63 bits per heavy atom. The number of carbonyl (C=O) groups excluding carboxylic acids is 1. The van der Waals surface area contributed by atoms with E-state index in [0.717, 1.165) is 22.5 Å². The lowest BCUT2D eigenvalue weighted by atomic mass is 9.95. The van der Waals surface area contributed by atoms with E-state index in [1.807, 2.05) is 24.3 Å². The van der Waals surface area contributed by atoms with Gasteiger partial charge in [-0.15, -0.1) is 11.3 Å². The van der Waals surface area contributed by atoms with Crippen LogP contribution in [0.25, 0.3) is 0 Å². The first-order valence-corrected chi connectivity index (χ1v) is 11.7. The second-order valence-electron chi connectivity index (χ2n) is 7.03. The highest BCUT2D eigenvalue weighted by Crippen LogP contribution is 2.35. The molecule has 5 rings (SSSR count). The number of hydrogen-bond acceptors (Lipinski definition) is 6. The first-order valence-electron chi connectivity index (χ1n) is 9.35. The third kappa shape index (κ3) is 3.34. The number of fused-ring (bicyclic) bond motifs is 2. The van der Waals surface area contributed by atoms with Gasteiger partial charge in [-0.1, -0.05) is 30.3 Å². The number of sulfonamides is 1. The molecule has 0 bridgehead atoms. The van der Waals surface area contributed by atoms with E-state index in [9.17, 15) is 13.2 Å². The summed E-state index contributed by atoms with van der Waals surface area (Å²) >= 11 is 1.14. The smallest absolute Gasteiger partial charge is 0.253 e. The number of nitrogens with zero attached hydrogens (tertiary/aromatic N) is 1. The number of benzene rings is 2. The minimum Gasteiger partial charge on any atom is -0.454 e. The van der Waals surface area contributed by atoms with Crippen molar-refractivity contribution in [3.63, 3.8) is 0 Å². The van der Waals surface area contributed by atoms with E-state index in [1.165, 1.54) is 4.31 Å². The predicted octanol–water partition coefficient (Wildman–Crippen LogP) is 3.23. The molecule has 0 unspecified atom stereocenters. The molecule has 7 nitrogen and oxygen atoms in total. The van der Waals surface area contributed by atoms with Crippen LogP contribution in [0.3, 0.4) is 0 Å². The molecular formula is C21H18N2O5S2. The fourth-order valence-corrected chi connectivity index (χ4v) is 6.39. The zero-order chi connectivity index (χ0) is 20.7. The second kappa shape index (κ2) is 7.42. The number of amides is 1. The van der Waals surface area contributed by atoms with Gasteiger partial charge in [0.1, 0.15) is 10.3 Å². The third-order valence-corrected chi connectivity index (χ3v) is 8.43. The van der Waals surface area contributed by atoms with Crippen molar-refractivity contribution in [2.45, 2.75) is 23.2 Å². The molecule has 3 aromatic rings. The third-order valence-electron chi connectivity index (χ3n) is 5.21. The molecule has 0 saturated carbocycles. The lowest BCUT2D eigenvalue weighted by Gasteiger charge is -2.34. The number of ether oxygens (including phenoxy) is 2. The zero-order valence-electron chi connectivity index (χ0n) is 15.8. The summed E-state index contributed by atoms with van der Waals surface area (Å²) in [6.07, 6.45) is 0.303. The molecule has 0 radical (unpaired) electrons. The Morgan fingerprint density at radius 1 is 1.03 bits per heavy atom. The molecule has 154 valence electrons. The van der Waals surface area contributed by atoms with Gasteiger partial charge in [-0.2, -0.15) is 4.31 Å². The van der Waals surface area contributed by atoms with Crippen LogP contribution in [0.5, 0.6) is 11.5 Å². The van der Waals surface area contributed by atoms with Crippen LogP contribution >= 0.6 is 11.3 Å². The van der Waals surface area contributed by atoms with Gasteiger partial charge >= 0.3 is 0 Å². The number of nitrogens with one attached hydrogen (secondary N) is 1. The number of rotatable bonds is 4. The first-order chi connectivity index (χ1) is 14.5. The molecule has 1 amide bonds. The normalized spacial score (nSPS) is 18.1. The molecule has 0 saturated heterocycles. The van der Waals surface area contributed by atoms with Gasteiger partial charge in [0.05, 0.1) is 0 Å². The van der Waals surface area contributed by atoms with Crippen LogP contribution in [0.2, 0.25) is 0 Å². The molecule has 0 spiro atoms. The molecule has 2 aromatic carbocycles. The average molecular weight is 443 g/mol. The molecule has 30 heavy (non-hydrogen) atoms. The van der Waals surface area contributed by atoms with E-state index >= 15 is 0 Å². The molecule has 1 N–H and O–H groups in total. The van der Waals surface area contributed by atoms with E-state index in [2.05, 4.69) is 5.32 Å². The van der Waals surface area contributed by atoms with Gasteiger partial charge in [0.25, 0.3) is 10.0 Å². The Balaban J connectivity index is 1.48. The molecule has 9 heteroatoms. The lowest BCUT2D eigenvalue weighted by molar-refractivity contribution is -0.120. The van der Waals surface area contributed by atoms with Gasteiger partial charge in [-0.3, -0.25) is 4.79 Å². The van der Waals surface area contributed by atoms with Crippen molar-refractivity contribution in [1.82, 2.24) is 4.31 Å². The topological polar surface area (TPSA) is 84.9 Å². The Morgan fingerprint density at radius 2 is 1.83 bits per heavy atom. The van der Waals surface area contributed by atoms with Crippen molar-refractivity contribution in [1.29, 1.82) is 0 Å². The molecule has 0 fully saturated rings. The number of thiophene rings is 1. The minimum absolute atomic E-state index is 0.138. The summed E-state index contributed by atoms with van der Waals surface area (Å²) < 4.78 is 38.8. The zero-order valence-corrected chi connectivity index (χ0v) is 17.4. The summed E-state index contributed by atoms with van der Waals surface area (Å²) in [6, 6.07) is 15.1. The van der Waals surface area contributed by atoms with E-state index in [4.69, 9.17) is 9.47 Å². The molecular weight excluding hydrogens is 424 g/mol. The fraction of sp³-hybridized carbons (Fsp3) is 0.190. The van der Waals surface area contributed by atoms with Crippen molar-refractivity contribution in [3.8, 4) is 11.5 Å². The predicted molar refractivity (Wildman–Crippen MR) is 112 cm³/mol. The largest absolute Gasteiger partial charge is 0.454 e. The highest BCUT2D eigenvalue weighted by atomic mass is 32.2. The van der Waals surface area contributed by atoms with Crippen molar-refractivity contribution >= 4 is 33.0 Å². The first kappa shape index (κ1) is 19.1. The van der Waals surface area contributed by atoms with Crippen LogP contribution in [0.15, 0.2) is 64.2 Å². The summed E-state index contributed by atoms with van der Waals surface area (Å²) in [5.74, 6) is 0.773. The highest BCUT2D eigenvalue weighted by molar-refractivity contribution is 7.91. The van der Waals surface area contributed by atoms with Crippen LogP contribution in [0.4, 0.5) is 5.69 Å². The SMILES string of the molecule is O=C(Nc1ccc2c(c1)OCO2)[C@H]1Cc2ccccc2CN1S(=O)(=O)c1cccs1. The lowest BCUT2D eigenvalue weighted by Crippen LogP contribution is -2.50. The van der Waals surface area contributed by atoms with Crippen LogP contribution < -0.4 is 14.8 Å². The fourth-order valence-electron chi connectivity index (χ4n) is 3.70. The Hall–Kier alpha value is -2.88. The van der Waals surface area contributed by atoms with E-state index in [-0.39, 0.29) is 23.5 Å². The van der Waals surface area contributed by atoms with Crippen molar-refractivity contribution in [2.75, 3.05) is 12.1 Å². The summed E-state index contributed by atoms with van der Waals surface area (Å²) in [7, 11) is -3.81. The molecule has 2 aliphatic heterocycles. The molecule has 0 aliphatic carbocycles. The number of hydrogen-bond donors (Lipinski definition) is 1. The Bertz CT molecular complexity index is 1210. The van der Waals surface area contributed by atoms with Gasteiger partial charge in [0.2, 0.25) is 12.7 Å². The summed E-state index contributed by atoms with van der Waals surface area (Å²) in [5, 5.41) is 4.56. The van der Waals surface area contributed by atoms with Crippen LogP contribution in [0.1, 0.15) is 11.1 Å². The van der Waals surface area contributed by atoms with Gasteiger partial charge in [-0.25, -0.2) is 8.42 Å². The summed E-state index contributed by atoms with van der Waals surface area (Å²) in [6.45, 7) is 0.286. The van der Waals surface area contributed by atoms with Crippen LogP contribution in [0, 0.1) is 0 Å². The Kier molecular flexibility index (Phi) is 4.73. The van der Waals surface area contributed by atoms with Gasteiger partial charge < -0.3 is 14.8 Å². The molecule has 3 heterocycles. The van der Waals surface area contributed by atoms with Crippen molar-refractivity contribution < 1.29 is 22.7 Å². The number of anilines is 1. The quantitative estimate of drug-likeness (QED) is 0.671. The van der Waals surface area contributed by atoms with E-state index in [0.29, 0.717) is 23.6 Å². The summed E-state index contributed by atoms with van der Waals surface area (Å²) in [5.41, 5.74) is 2.40. The van der Waals surface area contributed by atoms with Crippen LogP contribution in [-0.4, -0.2) is 31.5 Å². The van der Waals surface area contributed by atoms with Crippen LogP contribution in [-0.2, 0) is 27.8 Å². The minimum atomic E-state index is -3.81. The Labute approximate surface area is 177 Å². The summed E-state index contributed by atoms with van der Waals surface area (Å²) in [4.78, 5) is 13.2. The van der Waals surface area contributed by atoms with Crippen molar-refractivity contribution in [2.24, 2.45) is 0 Å². The molecule has 1 aromatic heterocycles. The monoisotopic (exact) mass is 442 g/mol. The second-order valence-corrected chi connectivity index (χ2v) is 10.1. The highest BCUT2D eigenvalue weighted by Gasteiger charge is 2.40. The molecule has 2 aliphatic rings. The van der Waals surface area contributed by atoms with Crippen molar-refractivity contribution in [3.05, 3.63) is 71.1 Å². The van der Waals surface area contributed by atoms with E-state index < -0.39 is 16.1 Å².